The zero-order valence-electron chi connectivity index (χ0n) is 18.4. The van der Waals surface area contributed by atoms with E-state index in [4.69, 9.17) is 0 Å². The summed E-state index contributed by atoms with van der Waals surface area (Å²) in [4.78, 5) is 16.8. The Morgan fingerprint density at radius 1 is 0.941 bits per heavy atom. The number of nitrogens with zero attached hydrogens (tertiary/aromatic N) is 2. The predicted molar refractivity (Wildman–Crippen MR) is 129 cm³/mol. The number of amides is 2. The van der Waals surface area contributed by atoms with Gasteiger partial charge < -0.3 is 14.8 Å². The third kappa shape index (κ3) is 3.60. The number of para-hydroxylation sites is 1. The molecule has 1 aliphatic heterocycles. The highest BCUT2D eigenvalue weighted by molar-refractivity contribution is 7.15. The largest absolute Gasteiger partial charge is 0.322 e. The maximum absolute atomic E-state index is 14.3. The first-order valence-electron chi connectivity index (χ1n) is 11.5. The van der Waals surface area contributed by atoms with E-state index in [9.17, 15) is 13.6 Å². The van der Waals surface area contributed by atoms with E-state index in [0.717, 1.165) is 41.6 Å². The van der Waals surface area contributed by atoms with Crippen LogP contribution in [0.4, 0.5) is 19.3 Å². The van der Waals surface area contributed by atoms with Crippen LogP contribution in [-0.2, 0) is 19.4 Å². The summed E-state index contributed by atoms with van der Waals surface area (Å²) in [7, 11) is 0. The number of nitrogens with one attached hydrogen (secondary N) is 1. The fourth-order valence-corrected chi connectivity index (χ4v) is 6.59. The Balaban J connectivity index is 1.53. The second-order valence-corrected chi connectivity index (χ2v) is 9.91. The Labute approximate surface area is 200 Å². The van der Waals surface area contributed by atoms with Crippen molar-refractivity contribution in [3.05, 3.63) is 106 Å². The summed E-state index contributed by atoms with van der Waals surface area (Å²) in [5.41, 5.74) is 4.35. The Morgan fingerprint density at radius 3 is 2.50 bits per heavy atom. The molecule has 34 heavy (non-hydrogen) atoms. The summed E-state index contributed by atoms with van der Waals surface area (Å²) in [5.74, 6) is -1.32. The number of rotatable bonds is 2. The lowest BCUT2D eigenvalue weighted by Gasteiger charge is -2.31. The highest BCUT2D eigenvalue weighted by Crippen LogP contribution is 2.44. The molecule has 0 unspecified atom stereocenters. The molecule has 1 N–H and O–H groups in total. The van der Waals surface area contributed by atoms with Crippen molar-refractivity contribution in [3.63, 3.8) is 0 Å². The van der Waals surface area contributed by atoms with Crippen molar-refractivity contribution in [1.82, 2.24) is 9.47 Å². The second kappa shape index (κ2) is 8.40. The van der Waals surface area contributed by atoms with Crippen LogP contribution in [0.5, 0.6) is 0 Å². The van der Waals surface area contributed by atoms with Gasteiger partial charge in [-0.05, 0) is 73.2 Å². The lowest BCUT2D eigenvalue weighted by Crippen LogP contribution is -2.38. The fraction of sp³-hybridized carbons (Fsp3) is 0.222. The molecule has 3 heterocycles. The summed E-state index contributed by atoms with van der Waals surface area (Å²) in [6, 6.07) is 15.7. The number of carbonyl (C=O) groups is 1. The van der Waals surface area contributed by atoms with Crippen LogP contribution in [-0.4, -0.2) is 15.5 Å². The molecule has 2 aromatic carbocycles. The molecule has 2 aliphatic rings. The number of aryl methyl sites for hydroxylation is 1. The molecule has 1 atom stereocenters. The van der Waals surface area contributed by atoms with Crippen LogP contribution in [0, 0.1) is 11.6 Å². The third-order valence-electron chi connectivity index (χ3n) is 6.67. The monoisotopic (exact) mass is 475 g/mol. The van der Waals surface area contributed by atoms with E-state index in [-0.39, 0.29) is 6.03 Å². The van der Waals surface area contributed by atoms with Gasteiger partial charge in [-0.1, -0.05) is 18.2 Å². The van der Waals surface area contributed by atoms with E-state index in [2.05, 4.69) is 9.88 Å². The average molecular weight is 476 g/mol. The van der Waals surface area contributed by atoms with Gasteiger partial charge >= 0.3 is 6.03 Å². The highest BCUT2D eigenvalue weighted by atomic mass is 32.1. The van der Waals surface area contributed by atoms with Crippen LogP contribution in [0.3, 0.4) is 0 Å². The van der Waals surface area contributed by atoms with Crippen molar-refractivity contribution in [3.8, 4) is 5.00 Å². The molecule has 7 heteroatoms. The number of benzene rings is 2. The summed E-state index contributed by atoms with van der Waals surface area (Å²) in [5, 5.41) is 4.09. The zero-order chi connectivity index (χ0) is 23.2. The average Bonchev–Trinajstić information content (AvgIpc) is 3.41. The van der Waals surface area contributed by atoms with Gasteiger partial charge in [-0.15, -0.1) is 11.3 Å². The Morgan fingerprint density at radius 2 is 1.71 bits per heavy atom. The molecular formula is C27H23F2N3OS. The molecule has 0 radical (unpaired) electrons. The first kappa shape index (κ1) is 21.1. The van der Waals surface area contributed by atoms with Gasteiger partial charge in [-0.25, -0.2) is 13.6 Å². The smallest absolute Gasteiger partial charge is 0.310 e. The molecule has 4 nitrogen and oxygen atoms in total. The molecule has 172 valence electrons. The Kier molecular flexibility index (Phi) is 5.21. The maximum atomic E-state index is 14.3. The summed E-state index contributed by atoms with van der Waals surface area (Å²) < 4.78 is 30.8. The van der Waals surface area contributed by atoms with Crippen molar-refractivity contribution < 1.29 is 13.6 Å². The summed E-state index contributed by atoms with van der Waals surface area (Å²) >= 11 is 1.78. The predicted octanol–water partition coefficient (Wildman–Crippen LogP) is 6.83. The molecule has 0 saturated carbocycles. The van der Waals surface area contributed by atoms with Gasteiger partial charge in [0.1, 0.15) is 22.7 Å². The number of fused-ring (bicyclic) bond motifs is 5. The molecule has 4 aromatic rings. The number of aromatic nitrogens is 1. The lowest BCUT2D eigenvalue weighted by atomic mass is 9.95. The number of hydrogen-bond donors (Lipinski definition) is 1. The Hall–Kier alpha value is -3.45. The van der Waals surface area contributed by atoms with Gasteiger partial charge in [0.15, 0.2) is 0 Å². The molecule has 2 amide bonds. The Bertz CT molecular complexity index is 1360. The number of anilines is 1. The van der Waals surface area contributed by atoms with Crippen molar-refractivity contribution in [2.24, 2.45) is 0 Å². The van der Waals surface area contributed by atoms with Crippen molar-refractivity contribution in [2.75, 3.05) is 5.32 Å². The van der Waals surface area contributed by atoms with Gasteiger partial charge in [0.25, 0.3) is 0 Å². The molecule has 1 aliphatic carbocycles. The third-order valence-corrected chi connectivity index (χ3v) is 8.00. The molecule has 2 aromatic heterocycles. The van der Waals surface area contributed by atoms with Gasteiger partial charge in [0.2, 0.25) is 0 Å². The fourth-order valence-electron chi connectivity index (χ4n) is 5.19. The minimum absolute atomic E-state index is 0.308. The number of halogens is 2. The SMILES string of the molecule is O=C(Nc1ccccc1)N1Cc2c(sc3c2CCCC3)-n2cccc2[C@H]1c1cc(F)cc(F)c1. The van der Waals surface area contributed by atoms with Crippen molar-refractivity contribution in [2.45, 2.75) is 38.3 Å². The number of thiophene rings is 1. The minimum atomic E-state index is -0.659. The van der Waals surface area contributed by atoms with E-state index in [1.165, 1.54) is 29.0 Å². The van der Waals surface area contributed by atoms with Gasteiger partial charge in [-0.2, -0.15) is 0 Å². The molecule has 0 spiro atoms. The normalized spacial score (nSPS) is 16.9. The van der Waals surface area contributed by atoms with E-state index in [0.29, 0.717) is 17.8 Å². The van der Waals surface area contributed by atoms with Crippen LogP contribution < -0.4 is 5.32 Å². The van der Waals surface area contributed by atoms with Crippen LogP contribution in [0.1, 0.15) is 46.1 Å². The van der Waals surface area contributed by atoms with E-state index >= 15 is 0 Å². The van der Waals surface area contributed by atoms with Crippen LogP contribution in [0.15, 0.2) is 66.9 Å². The zero-order valence-corrected chi connectivity index (χ0v) is 19.2. The van der Waals surface area contributed by atoms with Crippen molar-refractivity contribution in [1.29, 1.82) is 0 Å². The van der Waals surface area contributed by atoms with E-state index in [1.807, 2.05) is 48.7 Å². The quantitative estimate of drug-likeness (QED) is 0.339. The van der Waals surface area contributed by atoms with Crippen LogP contribution in [0.25, 0.3) is 5.00 Å². The van der Waals surface area contributed by atoms with E-state index < -0.39 is 17.7 Å². The number of urea groups is 1. The molecule has 6 rings (SSSR count). The first-order chi connectivity index (χ1) is 16.6. The number of hydrogen-bond acceptors (Lipinski definition) is 2. The van der Waals surface area contributed by atoms with Gasteiger partial charge in [0.05, 0.1) is 12.2 Å². The maximum Gasteiger partial charge on any atom is 0.322 e. The molecule has 0 saturated heterocycles. The molecular weight excluding hydrogens is 452 g/mol. The van der Waals surface area contributed by atoms with Crippen LogP contribution in [0.2, 0.25) is 0 Å². The topological polar surface area (TPSA) is 37.3 Å². The highest BCUT2D eigenvalue weighted by Gasteiger charge is 2.36. The van der Waals surface area contributed by atoms with E-state index in [1.54, 1.807) is 16.2 Å². The standard InChI is InChI=1S/C27H23F2N3OS/c28-18-13-17(14-19(29)15-18)25-23-10-6-12-31(23)26-22(21-9-4-5-11-24(21)34-26)16-32(25)27(33)30-20-7-2-1-3-8-20/h1-3,6-8,10,12-15,25H,4-5,9,11,16H2,(H,30,33)/t25-/m1/s1. The lowest BCUT2D eigenvalue weighted by molar-refractivity contribution is 0.194. The first-order valence-corrected chi connectivity index (χ1v) is 12.3. The summed E-state index contributed by atoms with van der Waals surface area (Å²) in [6.45, 7) is 0.365. The van der Waals surface area contributed by atoms with Gasteiger partial charge in [0, 0.05) is 28.4 Å². The van der Waals surface area contributed by atoms with Crippen LogP contribution >= 0.6 is 11.3 Å². The number of carbonyl (C=O) groups excluding carboxylic acids is 1. The molecule has 0 bridgehead atoms. The molecule has 0 fully saturated rings. The van der Waals surface area contributed by atoms with Gasteiger partial charge in [-0.3, -0.25) is 0 Å². The minimum Gasteiger partial charge on any atom is -0.310 e. The summed E-state index contributed by atoms with van der Waals surface area (Å²) in [6.07, 6.45) is 6.33. The second-order valence-electron chi connectivity index (χ2n) is 8.83. The van der Waals surface area contributed by atoms with Crippen molar-refractivity contribution >= 4 is 23.1 Å².